The second-order valence-electron chi connectivity index (χ2n) is 19.9. The van der Waals surface area contributed by atoms with Crippen molar-refractivity contribution in [2.24, 2.45) is 0 Å². The molecule has 72 heavy (non-hydrogen) atoms. The lowest BCUT2D eigenvalue weighted by Gasteiger charge is -2.18. The van der Waals surface area contributed by atoms with Crippen LogP contribution in [0, 0.1) is 0 Å². The van der Waals surface area contributed by atoms with Gasteiger partial charge in [0.25, 0.3) is 0 Å². The van der Waals surface area contributed by atoms with Gasteiger partial charge in [0, 0.05) is 12.8 Å². The fourth-order valence-electron chi connectivity index (χ4n) is 8.35. The molecule has 0 radical (unpaired) electrons. The predicted molar refractivity (Wildman–Crippen MR) is 311 cm³/mol. The number of hydrogen-bond donors (Lipinski definition) is 0. The van der Waals surface area contributed by atoms with Crippen molar-refractivity contribution in [1.29, 1.82) is 0 Å². The molecule has 1 atom stereocenters. The molecule has 6 nitrogen and oxygen atoms in total. The quantitative estimate of drug-likeness (QED) is 0.0261. The van der Waals surface area contributed by atoms with E-state index >= 15 is 0 Å². The summed E-state index contributed by atoms with van der Waals surface area (Å²) in [4.78, 5) is 38.1. The van der Waals surface area contributed by atoms with Gasteiger partial charge < -0.3 is 14.2 Å². The van der Waals surface area contributed by atoms with E-state index in [1.807, 2.05) is 6.08 Å². The molecule has 0 heterocycles. The van der Waals surface area contributed by atoms with Crippen molar-refractivity contribution in [3.63, 3.8) is 0 Å². The summed E-state index contributed by atoms with van der Waals surface area (Å²) in [6.07, 6.45) is 80.1. The van der Waals surface area contributed by atoms with Gasteiger partial charge in [-0.3, -0.25) is 14.4 Å². The van der Waals surface area contributed by atoms with Gasteiger partial charge in [0.2, 0.25) is 0 Å². The Balaban J connectivity index is 4.32. The Kier molecular flexibility index (Phi) is 56.8. The van der Waals surface area contributed by atoms with E-state index in [-0.39, 0.29) is 31.6 Å². The van der Waals surface area contributed by atoms with Crippen LogP contribution in [0.1, 0.15) is 284 Å². The lowest BCUT2D eigenvalue weighted by Crippen LogP contribution is -2.30. The van der Waals surface area contributed by atoms with Crippen molar-refractivity contribution >= 4 is 17.9 Å². The zero-order valence-electron chi connectivity index (χ0n) is 47.2. The van der Waals surface area contributed by atoms with E-state index in [0.717, 1.165) is 83.5 Å². The summed E-state index contributed by atoms with van der Waals surface area (Å²) in [5.74, 6) is -1.04. The summed E-state index contributed by atoms with van der Waals surface area (Å²) in [6, 6.07) is 0. The smallest absolute Gasteiger partial charge is 0.310 e. The second kappa shape index (κ2) is 59.9. The molecule has 0 saturated heterocycles. The SMILES string of the molecule is CC/C=C\C/C=C\C/C=C\C/C=C\C/C=C\CC(=O)OC(COC(=O)CCCCCCCCCCCCCC)COC(=O)CCCCCCCCCCCCCC/C=C\C/C=C\C/C=C\CCCCCCC. The highest BCUT2D eigenvalue weighted by Gasteiger charge is 2.19. The summed E-state index contributed by atoms with van der Waals surface area (Å²) in [7, 11) is 0. The van der Waals surface area contributed by atoms with Crippen LogP contribution in [-0.2, 0) is 28.6 Å². The molecule has 0 aliphatic carbocycles. The van der Waals surface area contributed by atoms with E-state index < -0.39 is 12.1 Å². The maximum atomic E-state index is 12.8. The number of hydrogen-bond acceptors (Lipinski definition) is 6. The van der Waals surface area contributed by atoms with Gasteiger partial charge in [-0.05, 0) is 83.5 Å². The third-order valence-electron chi connectivity index (χ3n) is 12.9. The van der Waals surface area contributed by atoms with E-state index in [2.05, 4.69) is 106 Å². The highest BCUT2D eigenvalue weighted by molar-refractivity contribution is 5.72. The Morgan fingerprint density at radius 2 is 0.583 bits per heavy atom. The molecule has 6 heteroatoms. The topological polar surface area (TPSA) is 78.9 Å². The van der Waals surface area contributed by atoms with E-state index in [9.17, 15) is 14.4 Å². The molecule has 0 saturated carbocycles. The first-order chi connectivity index (χ1) is 35.5. The summed E-state index contributed by atoms with van der Waals surface area (Å²) >= 11 is 0. The van der Waals surface area contributed by atoms with Crippen LogP contribution in [0.25, 0.3) is 0 Å². The molecular formula is C66H112O6. The van der Waals surface area contributed by atoms with Gasteiger partial charge in [-0.15, -0.1) is 0 Å². The molecule has 0 bridgehead atoms. The second-order valence-corrected chi connectivity index (χ2v) is 19.9. The molecule has 1 unspecified atom stereocenters. The molecule has 0 rings (SSSR count). The van der Waals surface area contributed by atoms with Crippen molar-refractivity contribution in [3.05, 3.63) is 97.2 Å². The van der Waals surface area contributed by atoms with E-state index in [1.54, 1.807) is 6.08 Å². The molecule has 412 valence electrons. The number of ether oxygens (including phenoxy) is 3. The van der Waals surface area contributed by atoms with Crippen LogP contribution in [0.15, 0.2) is 97.2 Å². The third-order valence-corrected chi connectivity index (χ3v) is 12.9. The summed E-state index contributed by atoms with van der Waals surface area (Å²) in [6.45, 7) is 6.44. The van der Waals surface area contributed by atoms with Gasteiger partial charge >= 0.3 is 17.9 Å². The lowest BCUT2D eigenvalue weighted by atomic mass is 10.0. The summed E-state index contributed by atoms with van der Waals surface area (Å²) < 4.78 is 16.8. The summed E-state index contributed by atoms with van der Waals surface area (Å²) in [5, 5.41) is 0. The van der Waals surface area contributed by atoms with Crippen molar-refractivity contribution in [1.82, 2.24) is 0 Å². The van der Waals surface area contributed by atoms with Crippen LogP contribution in [0.2, 0.25) is 0 Å². The number of allylic oxidation sites excluding steroid dienone is 15. The number of rotatable bonds is 54. The van der Waals surface area contributed by atoms with Crippen molar-refractivity contribution in [3.8, 4) is 0 Å². The van der Waals surface area contributed by atoms with Crippen molar-refractivity contribution in [2.75, 3.05) is 13.2 Å². The molecule has 0 aromatic rings. The highest BCUT2D eigenvalue weighted by atomic mass is 16.6. The standard InChI is InChI=1S/C66H112O6/c1-4-7-10-13-16-19-22-25-27-28-29-30-31-32-33-34-35-36-37-38-40-41-44-47-50-53-56-59-65(68)71-62-63(61-70-64(67)58-55-52-49-46-43-24-21-18-15-12-9-6-3)72-66(69)60-57-54-51-48-45-42-39-26-23-20-17-14-11-8-5-2/h8,11,17,20,22,25-26,28-29,31-32,39,45,48,54,57,63H,4-7,9-10,12-16,18-19,21,23-24,27,30,33-38,40-44,46-47,49-53,55-56,58-62H2,1-3H3/b11-8-,20-17-,25-22-,29-28-,32-31-,39-26-,48-45-,57-54-. The number of esters is 3. The van der Waals surface area contributed by atoms with E-state index in [0.29, 0.717) is 12.8 Å². The minimum Gasteiger partial charge on any atom is -0.462 e. The Bertz CT molecular complexity index is 1430. The Hall–Kier alpha value is -3.67. The first kappa shape index (κ1) is 68.3. The van der Waals surface area contributed by atoms with Crippen LogP contribution in [0.3, 0.4) is 0 Å². The van der Waals surface area contributed by atoms with Gasteiger partial charge in [-0.1, -0.05) is 279 Å². The molecule has 0 aromatic heterocycles. The fraction of sp³-hybridized carbons (Fsp3) is 0.712. The van der Waals surface area contributed by atoms with Crippen LogP contribution in [-0.4, -0.2) is 37.2 Å². The number of carbonyl (C=O) groups excluding carboxylic acids is 3. The Labute approximate surface area is 445 Å². The minimum atomic E-state index is -0.831. The highest BCUT2D eigenvalue weighted by Crippen LogP contribution is 2.16. The Morgan fingerprint density at radius 1 is 0.306 bits per heavy atom. The van der Waals surface area contributed by atoms with E-state index in [4.69, 9.17) is 14.2 Å². The van der Waals surface area contributed by atoms with Gasteiger partial charge in [0.05, 0.1) is 6.42 Å². The summed E-state index contributed by atoms with van der Waals surface area (Å²) in [5.41, 5.74) is 0. The number of unbranched alkanes of at least 4 members (excludes halogenated alkanes) is 28. The molecule has 0 spiro atoms. The maximum absolute atomic E-state index is 12.8. The average molecular weight is 1000 g/mol. The molecular weight excluding hydrogens is 889 g/mol. The molecule has 0 aliphatic rings. The van der Waals surface area contributed by atoms with Crippen LogP contribution in [0.4, 0.5) is 0 Å². The Morgan fingerprint density at radius 3 is 0.917 bits per heavy atom. The average Bonchev–Trinajstić information content (AvgIpc) is 3.38. The van der Waals surface area contributed by atoms with Gasteiger partial charge in [0.15, 0.2) is 6.10 Å². The third kappa shape index (κ3) is 57.2. The van der Waals surface area contributed by atoms with E-state index in [1.165, 1.54) is 161 Å². The normalized spacial score (nSPS) is 12.8. The predicted octanol–water partition coefficient (Wildman–Crippen LogP) is 20.5. The molecule has 0 N–H and O–H groups in total. The molecule has 0 amide bonds. The zero-order chi connectivity index (χ0) is 52.2. The monoisotopic (exact) mass is 1000 g/mol. The molecule has 0 aliphatic heterocycles. The van der Waals surface area contributed by atoms with Crippen LogP contribution < -0.4 is 0 Å². The van der Waals surface area contributed by atoms with Crippen molar-refractivity contribution < 1.29 is 28.6 Å². The van der Waals surface area contributed by atoms with Gasteiger partial charge in [-0.2, -0.15) is 0 Å². The lowest BCUT2D eigenvalue weighted by molar-refractivity contribution is -0.166. The maximum Gasteiger partial charge on any atom is 0.310 e. The van der Waals surface area contributed by atoms with Crippen molar-refractivity contribution in [2.45, 2.75) is 290 Å². The largest absolute Gasteiger partial charge is 0.462 e. The number of carbonyl (C=O) groups is 3. The minimum absolute atomic E-state index is 0.0968. The molecule has 0 aromatic carbocycles. The van der Waals surface area contributed by atoms with Crippen LogP contribution >= 0.6 is 0 Å². The zero-order valence-corrected chi connectivity index (χ0v) is 47.2. The molecule has 0 fully saturated rings. The first-order valence-electron chi connectivity index (χ1n) is 30.2. The van der Waals surface area contributed by atoms with Gasteiger partial charge in [-0.25, -0.2) is 0 Å². The van der Waals surface area contributed by atoms with Crippen LogP contribution in [0.5, 0.6) is 0 Å². The first-order valence-corrected chi connectivity index (χ1v) is 30.2. The fourth-order valence-corrected chi connectivity index (χ4v) is 8.35. The van der Waals surface area contributed by atoms with Gasteiger partial charge in [0.1, 0.15) is 13.2 Å².